The molecule has 0 aliphatic rings. The molecular weight excluding hydrogens is 320 g/mol. The molecule has 104 valence electrons. The molecule has 0 fully saturated rings. The molecule has 4 nitrogen and oxygen atoms in total. The molecule has 0 saturated carbocycles. The number of carbonyl (C=O) groups is 1. The van der Waals surface area contributed by atoms with E-state index in [4.69, 9.17) is 4.74 Å². The number of methoxy groups -OCH3 is 1. The van der Waals surface area contributed by atoms with Gasteiger partial charge in [-0.2, -0.15) is 0 Å². The number of halogens is 1. The number of rotatable bonds is 5. The molecule has 0 spiro atoms. The molecular formula is C15H15BrN2O2. The predicted molar refractivity (Wildman–Crippen MR) is 84.3 cm³/mol. The van der Waals surface area contributed by atoms with Crippen LogP contribution in [0.2, 0.25) is 0 Å². The van der Waals surface area contributed by atoms with E-state index in [2.05, 4.69) is 26.6 Å². The highest BCUT2D eigenvalue weighted by Crippen LogP contribution is 2.17. The molecule has 0 atom stereocenters. The molecule has 5 heteroatoms. The molecule has 2 aromatic rings. The zero-order chi connectivity index (χ0) is 14.4. The predicted octanol–water partition coefficient (Wildman–Crippen LogP) is 3.51. The van der Waals surface area contributed by atoms with Gasteiger partial charge in [-0.05, 0) is 30.3 Å². The maximum atomic E-state index is 11.8. The zero-order valence-corrected chi connectivity index (χ0v) is 12.6. The van der Waals surface area contributed by atoms with Crippen molar-refractivity contribution in [2.24, 2.45) is 0 Å². The molecule has 0 saturated heterocycles. The van der Waals surface area contributed by atoms with Crippen LogP contribution in [0.4, 0.5) is 11.4 Å². The van der Waals surface area contributed by atoms with Gasteiger partial charge in [-0.3, -0.25) is 4.79 Å². The Morgan fingerprint density at radius 1 is 1.15 bits per heavy atom. The molecule has 0 heterocycles. The van der Waals surface area contributed by atoms with Crippen molar-refractivity contribution in [1.29, 1.82) is 0 Å². The number of hydrogen-bond acceptors (Lipinski definition) is 3. The van der Waals surface area contributed by atoms with E-state index in [9.17, 15) is 4.79 Å². The number of benzene rings is 2. The minimum Gasteiger partial charge on any atom is -0.497 e. The number of nitrogens with one attached hydrogen (secondary N) is 2. The van der Waals surface area contributed by atoms with Crippen molar-refractivity contribution in [2.45, 2.75) is 0 Å². The fourth-order valence-corrected chi connectivity index (χ4v) is 2.09. The van der Waals surface area contributed by atoms with Crippen LogP contribution in [0.15, 0.2) is 53.0 Å². The van der Waals surface area contributed by atoms with E-state index < -0.39 is 0 Å². The molecule has 0 radical (unpaired) electrons. The second-order valence-corrected chi connectivity index (χ2v) is 5.06. The summed E-state index contributed by atoms with van der Waals surface area (Å²) in [7, 11) is 1.59. The maximum Gasteiger partial charge on any atom is 0.243 e. The van der Waals surface area contributed by atoms with Crippen LogP contribution in [-0.2, 0) is 4.79 Å². The summed E-state index contributed by atoms with van der Waals surface area (Å²) in [6.07, 6.45) is 0. The molecule has 0 unspecified atom stereocenters. The third-order valence-electron chi connectivity index (χ3n) is 2.63. The SMILES string of the molecule is COc1cccc(NC(=O)CNc2cccc(Br)c2)c1. The number of carbonyl (C=O) groups excluding carboxylic acids is 1. The third-order valence-corrected chi connectivity index (χ3v) is 3.12. The van der Waals surface area contributed by atoms with E-state index in [1.165, 1.54) is 0 Å². The maximum absolute atomic E-state index is 11.8. The van der Waals surface area contributed by atoms with Crippen molar-refractivity contribution in [2.75, 3.05) is 24.3 Å². The minimum absolute atomic E-state index is 0.113. The summed E-state index contributed by atoms with van der Waals surface area (Å²) in [5, 5.41) is 5.87. The molecule has 0 aliphatic heterocycles. The molecule has 2 N–H and O–H groups in total. The lowest BCUT2D eigenvalue weighted by Gasteiger charge is -2.09. The first kappa shape index (κ1) is 14.4. The van der Waals surface area contributed by atoms with Crippen LogP contribution >= 0.6 is 15.9 Å². The Morgan fingerprint density at radius 2 is 1.90 bits per heavy atom. The van der Waals surface area contributed by atoms with Gasteiger partial charge in [0, 0.05) is 21.9 Å². The second-order valence-electron chi connectivity index (χ2n) is 4.14. The molecule has 2 rings (SSSR count). The third kappa shape index (κ3) is 4.28. The summed E-state index contributed by atoms with van der Waals surface area (Å²) < 4.78 is 6.07. The van der Waals surface area contributed by atoms with Crippen LogP contribution in [0.1, 0.15) is 0 Å². The van der Waals surface area contributed by atoms with Gasteiger partial charge < -0.3 is 15.4 Å². The van der Waals surface area contributed by atoms with Crippen molar-refractivity contribution >= 4 is 33.2 Å². The normalized spacial score (nSPS) is 9.90. The highest BCUT2D eigenvalue weighted by molar-refractivity contribution is 9.10. The van der Waals surface area contributed by atoms with Crippen LogP contribution in [0, 0.1) is 0 Å². The van der Waals surface area contributed by atoms with Gasteiger partial charge >= 0.3 is 0 Å². The van der Waals surface area contributed by atoms with Crippen LogP contribution in [0.3, 0.4) is 0 Å². The average Bonchev–Trinajstić information content (AvgIpc) is 2.45. The summed E-state index contributed by atoms with van der Waals surface area (Å²) in [4.78, 5) is 11.8. The monoisotopic (exact) mass is 334 g/mol. The summed E-state index contributed by atoms with van der Waals surface area (Å²) in [5.74, 6) is 0.598. The van der Waals surface area contributed by atoms with Crippen LogP contribution in [0.25, 0.3) is 0 Å². The Morgan fingerprint density at radius 3 is 2.65 bits per heavy atom. The average molecular weight is 335 g/mol. The van der Waals surface area contributed by atoms with Crippen molar-refractivity contribution in [3.05, 3.63) is 53.0 Å². The minimum atomic E-state index is -0.113. The summed E-state index contributed by atoms with van der Waals surface area (Å²) in [6, 6.07) is 14.9. The zero-order valence-electron chi connectivity index (χ0n) is 11.0. The van der Waals surface area contributed by atoms with E-state index in [0.29, 0.717) is 11.4 Å². The van der Waals surface area contributed by atoms with Gasteiger partial charge in [-0.15, -0.1) is 0 Å². The summed E-state index contributed by atoms with van der Waals surface area (Å²) >= 11 is 3.38. The van der Waals surface area contributed by atoms with Crippen molar-refractivity contribution < 1.29 is 9.53 Å². The van der Waals surface area contributed by atoms with Gasteiger partial charge in [-0.1, -0.05) is 28.1 Å². The quantitative estimate of drug-likeness (QED) is 0.879. The molecule has 1 amide bonds. The van der Waals surface area contributed by atoms with Crippen molar-refractivity contribution in [3.8, 4) is 5.75 Å². The molecule has 0 aliphatic carbocycles. The summed E-state index contributed by atoms with van der Waals surface area (Å²) in [5.41, 5.74) is 1.60. The number of amides is 1. The lowest BCUT2D eigenvalue weighted by Crippen LogP contribution is -2.21. The van der Waals surface area contributed by atoms with Gasteiger partial charge in [0.1, 0.15) is 5.75 Å². The largest absolute Gasteiger partial charge is 0.497 e. The Kier molecular flexibility index (Phi) is 5.01. The number of anilines is 2. The Bertz CT molecular complexity index is 602. The second kappa shape index (κ2) is 6.96. The summed E-state index contributed by atoms with van der Waals surface area (Å²) in [6.45, 7) is 0.202. The van der Waals surface area contributed by atoms with E-state index in [1.54, 1.807) is 13.2 Å². The molecule has 20 heavy (non-hydrogen) atoms. The van der Waals surface area contributed by atoms with Crippen LogP contribution < -0.4 is 15.4 Å². The van der Waals surface area contributed by atoms with Crippen molar-refractivity contribution in [3.63, 3.8) is 0 Å². The fourth-order valence-electron chi connectivity index (χ4n) is 1.69. The Balaban J connectivity index is 1.89. The van der Waals surface area contributed by atoms with E-state index >= 15 is 0 Å². The van der Waals surface area contributed by atoms with E-state index in [0.717, 1.165) is 10.2 Å². The standard InChI is InChI=1S/C15H15BrN2O2/c1-20-14-7-3-6-13(9-14)18-15(19)10-17-12-5-2-4-11(16)8-12/h2-9,17H,10H2,1H3,(H,18,19). The lowest BCUT2D eigenvalue weighted by molar-refractivity contribution is -0.114. The number of hydrogen-bond donors (Lipinski definition) is 2. The topological polar surface area (TPSA) is 50.4 Å². The molecule has 0 aromatic heterocycles. The lowest BCUT2D eigenvalue weighted by atomic mass is 10.3. The molecule has 0 bridgehead atoms. The van der Waals surface area contributed by atoms with Gasteiger partial charge in [0.2, 0.25) is 5.91 Å². The van der Waals surface area contributed by atoms with E-state index in [-0.39, 0.29) is 12.5 Å². The first-order valence-corrected chi connectivity index (χ1v) is 6.90. The van der Waals surface area contributed by atoms with Gasteiger partial charge in [0.25, 0.3) is 0 Å². The van der Waals surface area contributed by atoms with Gasteiger partial charge in [-0.25, -0.2) is 0 Å². The van der Waals surface area contributed by atoms with Crippen LogP contribution in [0.5, 0.6) is 5.75 Å². The van der Waals surface area contributed by atoms with Crippen molar-refractivity contribution in [1.82, 2.24) is 0 Å². The first-order chi connectivity index (χ1) is 9.67. The van der Waals surface area contributed by atoms with E-state index in [1.807, 2.05) is 42.5 Å². The van der Waals surface area contributed by atoms with Gasteiger partial charge in [0.15, 0.2) is 0 Å². The Labute approximate surface area is 126 Å². The first-order valence-electron chi connectivity index (χ1n) is 6.11. The van der Waals surface area contributed by atoms with Gasteiger partial charge in [0.05, 0.1) is 13.7 Å². The smallest absolute Gasteiger partial charge is 0.243 e. The fraction of sp³-hybridized carbons (Fsp3) is 0.133. The van der Waals surface area contributed by atoms with Crippen LogP contribution in [-0.4, -0.2) is 19.6 Å². The Hall–Kier alpha value is -2.01. The number of ether oxygens (including phenoxy) is 1. The highest BCUT2D eigenvalue weighted by atomic mass is 79.9. The highest BCUT2D eigenvalue weighted by Gasteiger charge is 2.03. The molecule has 2 aromatic carbocycles.